The highest BCUT2D eigenvalue weighted by Gasteiger charge is 2.42. The van der Waals surface area contributed by atoms with Crippen LogP contribution in [0.1, 0.15) is 35.7 Å². The maximum Gasteiger partial charge on any atom is 0.254 e. The van der Waals surface area contributed by atoms with E-state index in [1.54, 1.807) is 23.1 Å². The Labute approximate surface area is 129 Å². The summed E-state index contributed by atoms with van der Waals surface area (Å²) in [7, 11) is 0. The largest absolute Gasteiger partial charge is 0.336 e. The van der Waals surface area contributed by atoms with Crippen LogP contribution in [0.3, 0.4) is 0 Å². The smallest absolute Gasteiger partial charge is 0.254 e. The van der Waals surface area contributed by atoms with Gasteiger partial charge in [-0.25, -0.2) is 0 Å². The van der Waals surface area contributed by atoms with Crippen molar-refractivity contribution in [3.05, 3.63) is 34.3 Å². The van der Waals surface area contributed by atoms with Gasteiger partial charge in [0, 0.05) is 29.7 Å². The molecule has 2 amide bonds. The summed E-state index contributed by atoms with van der Waals surface area (Å²) in [6.07, 6.45) is 2.01. The predicted molar refractivity (Wildman–Crippen MR) is 81.4 cm³/mol. The third-order valence-electron chi connectivity index (χ3n) is 4.65. The maximum absolute atomic E-state index is 12.8. The SMILES string of the molecule is Cc1c(Cl)cccc1C(=O)N1C[C@@H]2CCCN2C(=O)[C@H]1C. The van der Waals surface area contributed by atoms with Crippen LogP contribution >= 0.6 is 11.6 Å². The van der Waals surface area contributed by atoms with Gasteiger partial charge in [0.1, 0.15) is 6.04 Å². The molecule has 5 heteroatoms. The van der Waals surface area contributed by atoms with Crippen LogP contribution in [0, 0.1) is 6.92 Å². The summed E-state index contributed by atoms with van der Waals surface area (Å²) >= 11 is 6.11. The van der Waals surface area contributed by atoms with Crippen LogP contribution in [-0.2, 0) is 4.79 Å². The van der Waals surface area contributed by atoms with Gasteiger partial charge in [-0.1, -0.05) is 17.7 Å². The van der Waals surface area contributed by atoms with Crippen molar-refractivity contribution in [2.24, 2.45) is 0 Å². The summed E-state index contributed by atoms with van der Waals surface area (Å²) < 4.78 is 0. The Bertz CT molecular complexity index is 602. The zero-order valence-corrected chi connectivity index (χ0v) is 13.1. The predicted octanol–water partition coefficient (Wildman–Crippen LogP) is 2.48. The van der Waals surface area contributed by atoms with E-state index >= 15 is 0 Å². The first-order valence-corrected chi connectivity index (χ1v) is 7.75. The summed E-state index contributed by atoms with van der Waals surface area (Å²) in [5.41, 5.74) is 1.37. The molecule has 2 aliphatic heterocycles. The van der Waals surface area contributed by atoms with Crippen molar-refractivity contribution >= 4 is 23.4 Å². The van der Waals surface area contributed by atoms with Crippen LogP contribution in [0.25, 0.3) is 0 Å². The fourth-order valence-corrected chi connectivity index (χ4v) is 3.50. The zero-order chi connectivity index (χ0) is 15.1. The quantitative estimate of drug-likeness (QED) is 0.800. The second kappa shape index (κ2) is 5.34. The maximum atomic E-state index is 12.8. The van der Waals surface area contributed by atoms with Gasteiger partial charge >= 0.3 is 0 Å². The molecule has 0 N–H and O–H groups in total. The van der Waals surface area contributed by atoms with Crippen LogP contribution in [0.15, 0.2) is 18.2 Å². The first-order valence-electron chi connectivity index (χ1n) is 7.37. The van der Waals surface area contributed by atoms with E-state index in [0.717, 1.165) is 24.9 Å². The molecule has 0 bridgehead atoms. The van der Waals surface area contributed by atoms with Crippen molar-refractivity contribution in [1.82, 2.24) is 9.80 Å². The number of fused-ring (bicyclic) bond motifs is 1. The molecule has 0 unspecified atom stereocenters. The third kappa shape index (κ3) is 2.31. The molecule has 0 saturated carbocycles. The fourth-order valence-electron chi connectivity index (χ4n) is 3.33. The van der Waals surface area contributed by atoms with E-state index < -0.39 is 6.04 Å². The number of amides is 2. The number of nitrogens with zero attached hydrogens (tertiary/aromatic N) is 2. The van der Waals surface area contributed by atoms with Gasteiger partial charge in [0.15, 0.2) is 0 Å². The van der Waals surface area contributed by atoms with Gasteiger partial charge in [-0.2, -0.15) is 0 Å². The lowest BCUT2D eigenvalue weighted by Gasteiger charge is -2.41. The average molecular weight is 307 g/mol. The summed E-state index contributed by atoms with van der Waals surface area (Å²) in [6.45, 7) is 5.10. The number of hydrogen-bond acceptors (Lipinski definition) is 2. The lowest BCUT2D eigenvalue weighted by atomic mass is 10.0. The van der Waals surface area contributed by atoms with E-state index in [0.29, 0.717) is 17.1 Å². The second-order valence-corrected chi connectivity index (χ2v) is 6.28. The lowest BCUT2D eigenvalue weighted by Crippen LogP contribution is -2.60. The molecule has 3 rings (SSSR count). The van der Waals surface area contributed by atoms with E-state index in [-0.39, 0.29) is 17.9 Å². The molecule has 2 fully saturated rings. The van der Waals surface area contributed by atoms with Crippen LogP contribution in [-0.4, -0.2) is 46.8 Å². The third-order valence-corrected chi connectivity index (χ3v) is 5.06. The molecule has 21 heavy (non-hydrogen) atoms. The highest BCUT2D eigenvalue weighted by molar-refractivity contribution is 6.31. The minimum absolute atomic E-state index is 0.0665. The monoisotopic (exact) mass is 306 g/mol. The zero-order valence-electron chi connectivity index (χ0n) is 12.3. The van der Waals surface area contributed by atoms with Gasteiger partial charge in [-0.15, -0.1) is 0 Å². The minimum Gasteiger partial charge on any atom is -0.336 e. The van der Waals surface area contributed by atoms with E-state index in [2.05, 4.69) is 0 Å². The minimum atomic E-state index is -0.398. The Kier molecular flexibility index (Phi) is 3.66. The first-order chi connectivity index (χ1) is 10.0. The van der Waals surface area contributed by atoms with Crippen molar-refractivity contribution < 1.29 is 9.59 Å². The molecule has 2 heterocycles. The number of benzene rings is 1. The molecule has 0 spiro atoms. The number of carbonyl (C=O) groups is 2. The second-order valence-electron chi connectivity index (χ2n) is 5.87. The fraction of sp³-hybridized carbons (Fsp3) is 0.500. The average Bonchev–Trinajstić information content (AvgIpc) is 2.93. The van der Waals surface area contributed by atoms with Gasteiger partial charge in [-0.3, -0.25) is 9.59 Å². The molecule has 112 valence electrons. The molecule has 0 aromatic heterocycles. The topological polar surface area (TPSA) is 40.6 Å². The van der Waals surface area contributed by atoms with E-state index in [1.807, 2.05) is 18.7 Å². The van der Waals surface area contributed by atoms with Crippen molar-refractivity contribution in [1.29, 1.82) is 0 Å². The summed E-state index contributed by atoms with van der Waals surface area (Å²) in [6, 6.07) is 5.11. The molecule has 1 aromatic rings. The molecule has 2 saturated heterocycles. The Balaban J connectivity index is 1.90. The summed E-state index contributed by atoms with van der Waals surface area (Å²) in [5.74, 6) is -0.0285. The van der Waals surface area contributed by atoms with Gasteiger partial charge in [0.25, 0.3) is 5.91 Å². The van der Waals surface area contributed by atoms with Crippen molar-refractivity contribution in [3.63, 3.8) is 0 Å². The van der Waals surface area contributed by atoms with Crippen LogP contribution < -0.4 is 0 Å². The van der Waals surface area contributed by atoms with Crippen molar-refractivity contribution in [3.8, 4) is 0 Å². The Hall–Kier alpha value is -1.55. The number of rotatable bonds is 1. The molecule has 1 aromatic carbocycles. The molecule has 0 radical (unpaired) electrons. The lowest BCUT2D eigenvalue weighted by molar-refractivity contribution is -0.141. The summed E-state index contributed by atoms with van der Waals surface area (Å²) in [5, 5.41) is 0.583. The van der Waals surface area contributed by atoms with E-state index in [4.69, 9.17) is 11.6 Å². The number of hydrogen-bond donors (Lipinski definition) is 0. The highest BCUT2D eigenvalue weighted by Crippen LogP contribution is 2.28. The number of halogens is 1. The molecule has 2 aliphatic rings. The molecular weight excluding hydrogens is 288 g/mol. The van der Waals surface area contributed by atoms with E-state index in [9.17, 15) is 9.59 Å². The molecule has 0 aliphatic carbocycles. The van der Waals surface area contributed by atoms with Gasteiger partial charge in [0.05, 0.1) is 0 Å². The van der Waals surface area contributed by atoms with Crippen molar-refractivity contribution in [2.75, 3.05) is 13.1 Å². The molecule has 2 atom stereocenters. The molecular formula is C16H19ClN2O2. The van der Waals surface area contributed by atoms with Gasteiger partial charge in [0.2, 0.25) is 5.91 Å². The van der Waals surface area contributed by atoms with Crippen molar-refractivity contribution in [2.45, 2.75) is 38.8 Å². The number of carbonyl (C=O) groups excluding carboxylic acids is 2. The first kappa shape index (κ1) is 14.4. The standard InChI is InChI=1S/C16H19ClN2O2/c1-10-13(6-3-7-14(10)17)16(21)19-9-12-5-4-8-18(12)15(20)11(19)2/h3,6-7,11-12H,4-5,8-9H2,1-2H3/t11-,12+/m1/s1. The van der Waals surface area contributed by atoms with Crippen LogP contribution in [0.2, 0.25) is 5.02 Å². The van der Waals surface area contributed by atoms with Crippen LogP contribution in [0.5, 0.6) is 0 Å². The van der Waals surface area contributed by atoms with Gasteiger partial charge in [-0.05, 0) is 44.4 Å². The highest BCUT2D eigenvalue weighted by atomic mass is 35.5. The van der Waals surface area contributed by atoms with E-state index in [1.165, 1.54) is 0 Å². The number of piperazine rings is 1. The van der Waals surface area contributed by atoms with Gasteiger partial charge < -0.3 is 9.80 Å². The Morgan fingerprint density at radius 2 is 2.14 bits per heavy atom. The Morgan fingerprint density at radius 3 is 2.90 bits per heavy atom. The molecule has 4 nitrogen and oxygen atoms in total. The normalized spacial score (nSPS) is 25.2. The summed E-state index contributed by atoms with van der Waals surface area (Å²) in [4.78, 5) is 28.9. The Morgan fingerprint density at radius 1 is 1.38 bits per heavy atom. The van der Waals surface area contributed by atoms with Crippen LogP contribution in [0.4, 0.5) is 0 Å².